The SMILES string of the molecule is Cc1cc2c(NCCCc3ccc(-c4ccc([Si](C)(C)C)cc4)cc3)nc(-c3ccoc3)nc2s1. The van der Waals surface area contributed by atoms with E-state index in [1.54, 1.807) is 23.9 Å². The largest absolute Gasteiger partial charge is 0.472 e. The summed E-state index contributed by atoms with van der Waals surface area (Å²) in [5.41, 5.74) is 4.81. The number of aromatic nitrogens is 2. The third kappa shape index (κ3) is 5.39. The van der Waals surface area contributed by atoms with Crippen molar-refractivity contribution in [3.63, 3.8) is 0 Å². The molecule has 0 saturated heterocycles. The van der Waals surface area contributed by atoms with Gasteiger partial charge in [0, 0.05) is 11.4 Å². The van der Waals surface area contributed by atoms with Crippen molar-refractivity contribution < 1.29 is 4.42 Å². The lowest BCUT2D eigenvalue weighted by atomic mass is 10.0. The lowest BCUT2D eigenvalue weighted by molar-refractivity contribution is 0.568. The van der Waals surface area contributed by atoms with Crippen molar-refractivity contribution in [2.45, 2.75) is 39.4 Å². The van der Waals surface area contributed by atoms with Crippen molar-refractivity contribution in [1.29, 1.82) is 0 Å². The lowest BCUT2D eigenvalue weighted by Gasteiger charge is -2.16. The van der Waals surface area contributed by atoms with Crippen LogP contribution in [0.1, 0.15) is 16.9 Å². The van der Waals surface area contributed by atoms with Crippen molar-refractivity contribution in [3.05, 3.63) is 83.6 Å². The predicted octanol–water partition coefficient (Wildman–Crippen LogP) is 7.52. The Morgan fingerprint density at radius 3 is 2.26 bits per heavy atom. The minimum absolute atomic E-state index is 0.698. The van der Waals surface area contributed by atoms with Gasteiger partial charge in [-0.25, -0.2) is 9.97 Å². The van der Waals surface area contributed by atoms with Crippen LogP contribution in [0.3, 0.4) is 0 Å². The van der Waals surface area contributed by atoms with Gasteiger partial charge >= 0.3 is 0 Å². The van der Waals surface area contributed by atoms with Crippen LogP contribution in [-0.4, -0.2) is 24.6 Å². The zero-order valence-electron chi connectivity index (χ0n) is 20.8. The van der Waals surface area contributed by atoms with Crippen molar-refractivity contribution in [1.82, 2.24) is 9.97 Å². The van der Waals surface area contributed by atoms with Crippen LogP contribution >= 0.6 is 11.3 Å². The Morgan fingerprint density at radius 2 is 1.60 bits per heavy atom. The number of nitrogens with one attached hydrogen (secondary N) is 1. The number of hydrogen-bond donors (Lipinski definition) is 1. The average molecular weight is 498 g/mol. The number of thiophene rings is 1. The quantitative estimate of drug-likeness (QED) is 0.178. The number of nitrogens with zero attached hydrogens (tertiary/aromatic N) is 2. The van der Waals surface area contributed by atoms with E-state index in [0.29, 0.717) is 5.82 Å². The number of anilines is 1. The molecule has 4 nitrogen and oxygen atoms in total. The Bertz CT molecular complexity index is 1420. The van der Waals surface area contributed by atoms with Crippen LogP contribution in [0.4, 0.5) is 5.82 Å². The van der Waals surface area contributed by atoms with Crippen LogP contribution in [0.15, 0.2) is 77.6 Å². The molecule has 0 fully saturated rings. The second-order valence-corrected chi connectivity index (χ2v) is 16.4. The van der Waals surface area contributed by atoms with Gasteiger partial charge in [-0.3, -0.25) is 0 Å². The van der Waals surface area contributed by atoms with Crippen LogP contribution < -0.4 is 10.5 Å². The summed E-state index contributed by atoms with van der Waals surface area (Å²) in [4.78, 5) is 11.8. The van der Waals surface area contributed by atoms with Crippen LogP contribution in [0.5, 0.6) is 0 Å². The summed E-state index contributed by atoms with van der Waals surface area (Å²) < 4.78 is 5.23. The maximum Gasteiger partial charge on any atom is 0.166 e. The average Bonchev–Trinajstić information content (AvgIpc) is 3.51. The summed E-state index contributed by atoms with van der Waals surface area (Å²) in [6.07, 6.45) is 5.40. The first-order valence-electron chi connectivity index (χ1n) is 12.1. The summed E-state index contributed by atoms with van der Waals surface area (Å²) in [6.45, 7) is 10.1. The molecule has 0 saturated carbocycles. The molecule has 0 atom stereocenters. The number of furan rings is 1. The fourth-order valence-corrected chi connectivity index (χ4v) is 6.27. The van der Waals surface area contributed by atoms with Gasteiger partial charge < -0.3 is 9.73 Å². The molecule has 3 aromatic heterocycles. The minimum atomic E-state index is -1.26. The molecular weight excluding hydrogens is 466 g/mol. The summed E-state index contributed by atoms with van der Waals surface area (Å²) in [7, 11) is -1.26. The Labute approximate surface area is 212 Å². The standard InChI is InChI=1S/C29H31N3OSSi/c1-20-18-26-28(31-27(32-29(26)34-20)24-15-17-33-19-24)30-16-5-6-21-7-9-22(10-8-21)23-11-13-25(14-12-23)35(2,3)4/h7-15,17-19H,5-6,16H2,1-4H3,(H,30,31,32). The third-order valence-corrected chi connectivity index (χ3v) is 9.28. The second-order valence-electron chi connectivity index (χ2n) is 10.0. The van der Waals surface area contributed by atoms with Gasteiger partial charge in [0.1, 0.15) is 16.9 Å². The first-order chi connectivity index (χ1) is 16.9. The molecule has 5 rings (SSSR count). The van der Waals surface area contributed by atoms with Gasteiger partial charge in [-0.15, -0.1) is 11.3 Å². The van der Waals surface area contributed by atoms with Crippen LogP contribution in [0, 0.1) is 6.92 Å². The highest BCUT2D eigenvalue weighted by molar-refractivity contribution is 7.18. The van der Waals surface area contributed by atoms with Gasteiger partial charge in [-0.05, 0) is 48.6 Å². The van der Waals surface area contributed by atoms with E-state index in [-0.39, 0.29) is 0 Å². The Balaban J connectivity index is 1.22. The highest BCUT2D eigenvalue weighted by Crippen LogP contribution is 2.31. The number of benzene rings is 2. The van der Waals surface area contributed by atoms with E-state index >= 15 is 0 Å². The van der Waals surface area contributed by atoms with Gasteiger partial charge in [-0.2, -0.15) is 0 Å². The van der Waals surface area contributed by atoms with Crippen LogP contribution in [0.25, 0.3) is 32.7 Å². The molecule has 178 valence electrons. The Morgan fingerprint density at radius 1 is 0.886 bits per heavy atom. The molecule has 3 heterocycles. The maximum atomic E-state index is 5.23. The molecule has 2 aromatic carbocycles. The van der Waals surface area contributed by atoms with Gasteiger partial charge in [0.25, 0.3) is 0 Å². The van der Waals surface area contributed by atoms with E-state index in [9.17, 15) is 0 Å². The summed E-state index contributed by atoms with van der Waals surface area (Å²) in [5.74, 6) is 1.59. The smallest absolute Gasteiger partial charge is 0.166 e. The molecule has 0 aliphatic carbocycles. The van der Waals surface area contributed by atoms with E-state index in [2.05, 4.69) is 86.5 Å². The second kappa shape index (κ2) is 9.80. The molecule has 0 amide bonds. The Kier molecular flexibility index (Phi) is 6.58. The fraction of sp³-hybridized carbons (Fsp3) is 0.241. The number of fused-ring (bicyclic) bond motifs is 1. The van der Waals surface area contributed by atoms with Crippen molar-refractivity contribution in [2.75, 3.05) is 11.9 Å². The number of aryl methyl sites for hydroxylation is 2. The summed E-state index contributed by atoms with van der Waals surface area (Å²) >= 11 is 1.70. The minimum Gasteiger partial charge on any atom is -0.472 e. The van der Waals surface area contributed by atoms with Crippen molar-refractivity contribution >= 4 is 40.6 Å². The van der Waals surface area contributed by atoms with Crippen molar-refractivity contribution in [3.8, 4) is 22.5 Å². The van der Waals surface area contributed by atoms with Crippen LogP contribution in [0.2, 0.25) is 19.6 Å². The zero-order valence-corrected chi connectivity index (χ0v) is 22.6. The van der Waals surface area contributed by atoms with Gasteiger partial charge in [0.05, 0.1) is 25.3 Å². The highest BCUT2D eigenvalue weighted by Gasteiger charge is 2.16. The highest BCUT2D eigenvalue weighted by atomic mass is 32.1. The fourth-order valence-electron chi connectivity index (χ4n) is 4.22. The van der Waals surface area contributed by atoms with E-state index < -0.39 is 8.07 Å². The van der Waals surface area contributed by atoms with E-state index in [4.69, 9.17) is 14.4 Å². The van der Waals surface area contributed by atoms with E-state index in [1.165, 1.54) is 26.8 Å². The van der Waals surface area contributed by atoms with E-state index in [1.807, 2.05) is 6.07 Å². The van der Waals surface area contributed by atoms with E-state index in [0.717, 1.165) is 41.0 Å². The monoisotopic (exact) mass is 497 g/mol. The normalized spacial score (nSPS) is 11.8. The zero-order chi connectivity index (χ0) is 24.4. The molecular formula is C29H31N3OSSi. The Hall–Kier alpha value is -3.22. The lowest BCUT2D eigenvalue weighted by Crippen LogP contribution is -2.37. The molecule has 0 spiro atoms. The molecule has 1 N–H and O–H groups in total. The molecule has 0 radical (unpaired) electrons. The maximum absolute atomic E-state index is 5.23. The molecule has 0 aliphatic heterocycles. The van der Waals surface area contributed by atoms with Crippen LogP contribution in [-0.2, 0) is 6.42 Å². The molecule has 6 heteroatoms. The molecule has 35 heavy (non-hydrogen) atoms. The van der Waals surface area contributed by atoms with Gasteiger partial charge in [0.2, 0.25) is 0 Å². The third-order valence-electron chi connectivity index (χ3n) is 6.27. The van der Waals surface area contributed by atoms with Crippen molar-refractivity contribution in [2.24, 2.45) is 0 Å². The number of hydrogen-bond acceptors (Lipinski definition) is 5. The predicted molar refractivity (Wildman–Crippen MR) is 152 cm³/mol. The molecule has 5 aromatic rings. The first-order valence-corrected chi connectivity index (χ1v) is 16.4. The summed E-state index contributed by atoms with van der Waals surface area (Å²) in [6, 6.07) is 22.2. The number of rotatable bonds is 8. The summed E-state index contributed by atoms with van der Waals surface area (Å²) in [5, 5.41) is 6.14. The molecule has 0 aliphatic rings. The van der Waals surface area contributed by atoms with Gasteiger partial charge in [-0.1, -0.05) is 73.4 Å². The van der Waals surface area contributed by atoms with Gasteiger partial charge in [0.15, 0.2) is 5.82 Å². The molecule has 0 unspecified atom stereocenters. The topological polar surface area (TPSA) is 51.0 Å². The first kappa shape index (κ1) is 23.5. The molecule has 0 bridgehead atoms.